The summed E-state index contributed by atoms with van der Waals surface area (Å²) in [5.41, 5.74) is 0.478. The first-order valence-corrected chi connectivity index (χ1v) is 11.5. The molecule has 9 nitrogen and oxygen atoms in total. The standard InChI is InChI=1S/C25H26F3N3O6/c1-24(2,3)20-9-13-8-19(36-7-5-6-35-4)15(21-29-30-23(37-21)25(26,27)28)10-14(13)17-11-18(32)16(22(33)34)12-31(17)20/h8,10-12,20H,5-7,9H2,1-4H3,(H,33,34). The quantitative estimate of drug-likeness (QED) is 0.439. The number of rotatable bonds is 7. The number of aromatic nitrogens is 3. The molecule has 0 spiro atoms. The van der Waals surface area contributed by atoms with Gasteiger partial charge in [0.05, 0.1) is 17.9 Å². The summed E-state index contributed by atoms with van der Waals surface area (Å²) in [5.74, 6) is -2.99. The van der Waals surface area contributed by atoms with Crippen LogP contribution in [0.2, 0.25) is 0 Å². The van der Waals surface area contributed by atoms with Gasteiger partial charge in [-0.1, -0.05) is 20.8 Å². The number of nitrogens with zero attached hydrogens (tertiary/aromatic N) is 3. The highest BCUT2D eigenvalue weighted by Crippen LogP contribution is 2.46. The number of halogens is 3. The molecule has 12 heteroatoms. The Morgan fingerprint density at radius 1 is 1.16 bits per heavy atom. The number of fused-ring (bicyclic) bond motifs is 3. The van der Waals surface area contributed by atoms with Crippen LogP contribution in [0.5, 0.6) is 5.75 Å². The van der Waals surface area contributed by atoms with E-state index >= 15 is 0 Å². The molecule has 37 heavy (non-hydrogen) atoms. The van der Waals surface area contributed by atoms with E-state index in [1.807, 2.05) is 20.8 Å². The van der Waals surface area contributed by atoms with Crippen molar-refractivity contribution in [3.63, 3.8) is 0 Å². The number of hydrogen-bond acceptors (Lipinski definition) is 7. The Morgan fingerprint density at radius 2 is 1.89 bits per heavy atom. The van der Waals surface area contributed by atoms with Crippen molar-refractivity contribution in [3.8, 4) is 28.5 Å². The first-order valence-electron chi connectivity index (χ1n) is 11.5. The smallest absolute Gasteiger partial charge is 0.470 e. The second-order valence-corrected chi connectivity index (χ2v) is 9.85. The lowest BCUT2D eigenvalue weighted by atomic mass is 9.78. The van der Waals surface area contributed by atoms with Crippen LogP contribution in [0.4, 0.5) is 13.2 Å². The fraction of sp³-hybridized carbons (Fsp3) is 0.440. The number of methoxy groups -OCH3 is 1. The zero-order valence-corrected chi connectivity index (χ0v) is 20.7. The van der Waals surface area contributed by atoms with Gasteiger partial charge in [-0.2, -0.15) is 13.2 Å². The van der Waals surface area contributed by atoms with Gasteiger partial charge in [0.2, 0.25) is 0 Å². The Hall–Kier alpha value is -3.67. The van der Waals surface area contributed by atoms with Crippen molar-refractivity contribution < 1.29 is 37.0 Å². The third-order valence-corrected chi connectivity index (χ3v) is 6.19. The predicted octanol–water partition coefficient (Wildman–Crippen LogP) is 4.84. The van der Waals surface area contributed by atoms with Gasteiger partial charge in [-0.25, -0.2) is 4.79 Å². The average Bonchev–Trinajstić information content (AvgIpc) is 3.30. The van der Waals surface area contributed by atoms with Gasteiger partial charge in [0, 0.05) is 44.0 Å². The minimum atomic E-state index is -4.83. The number of carbonyl (C=O) groups is 1. The van der Waals surface area contributed by atoms with Crippen LogP contribution >= 0.6 is 0 Å². The van der Waals surface area contributed by atoms with Crippen molar-refractivity contribution in [3.05, 3.63) is 51.6 Å². The van der Waals surface area contributed by atoms with Crippen LogP contribution in [0, 0.1) is 5.41 Å². The van der Waals surface area contributed by atoms with Crippen molar-refractivity contribution >= 4 is 5.97 Å². The summed E-state index contributed by atoms with van der Waals surface area (Å²) >= 11 is 0. The molecule has 0 fully saturated rings. The fourth-order valence-electron chi connectivity index (χ4n) is 4.36. The van der Waals surface area contributed by atoms with Crippen molar-refractivity contribution in [2.75, 3.05) is 20.3 Å². The fourth-order valence-corrected chi connectivity index (χ4v) is 4.36. The number of pyridine rings is 1. The summed E-state index contributed by atoms with van der Waals surface area (Å²) < 4.78 is 57.1. The minimum absolute atomic E-state index is 0.120. The van der Waals surface area contributed by atoms with Gasteiger partial charge in [0.15, 0.2) is 5.43 Å². The van der Waals surface area contributed by atoms with Crippen LogP contribution in [-0.4, -0.2) is 46.2 Å². The van der Waals surface area contributed by atoms with Crippen molar-refractivity contribution in [2.24, 2.45) is 5.41 Å². The number of aromatic carboxylic acids is 1. The zero-order valence-electron chi connectivity index (χ0n) is 20.7. The Bertz CT molecular complexity index is 1390. The molecule has 0 bridgehead atoms. The second kappa shape index (κ2) is 9.66. The summed E-state index contributed by atoms with van der Waals surface area (Å²) in [6, 6.07) is 4.26. The van der Waals surface area contributed by atoms with E-state index in [-0.39, 0.29) is 34.9 Å². The van der Waals surface area contributed by atoms with Gasteiger partial charge in [0.1, 0.15) is 11.3 Å². The monoisotopic (exact) mass is 521 g/mol. The summed E-state index contributed by atoms with van der Waals surface area (Å²) in [5, 5.41) is 16.2. The summed E-state index contributed by atoms with van der Waals surface area (Å²) in [4.78, 5) is 24.3. The van der Waals surface area contributed by atoms with Gasteiger partial charge < -0.3 is 23.6 Å². The van der Waals surface area contributed by atoms with Crippen molar-refractivity contribution in [1.82, 2.24) is 14.8 Å². The summed E-state index contributed by atoms with van der Waals surface area (Å²) in [6.45, 7) is 6.64. The number of ether oxygens (including phenoxy) is 2. The maximum absolute atomic E-state index is 13.2. The molecule has 1 unspecified atom stereocenters. The highest BCUT2D eigenvalue weighted by molar-refractivity contribution is 5.88. The molecule has 3 heterocycles. The summed E-state index contributed by atoms with van der Waals surface area (Å²) in [7, 11) is 1.54. The first kappa shape index (κ1) is 26.4. The van der Waals surface area contributed by atoms with Crippen LogP contribution in [0.3, 0.4) is 0 Å². The molecule has 1 aliphatic heterocycles. The molecule has 198 valence electrons. The van der Waals surface area contributed by atoms with Crippen LogP contribution < -0.4 is 10.2 Å². The molecular formula is C25H26F3N3O6. The number of hydrogen-bond donors (Lipinski definition) is 1. The molecule has 0 radical (unpaired) electrons. The Labute approximate surface area is 209 Å². The number of benzene rings is 1. The van der Waals surface area contributed by atoms with E-state index in [0.29, 0.717) is 30.7 Å². The predicted molar refractivity (Wildman–Crippen MR) is 126 cm³/mol. The molecule has 0 amide bonds. The first-order chi connectivity index (χ1) is 17.3. The van der Waals surface area contributed by atoms with Crippen LogP contribution in [0.15, 0.2) is 33.6 Å². The third-order valence-electron chi connectivity index (χ3n) is 6.19. The van der Waals surface area contributed by atoms with Gasteiger partial charge >= 0.3 is 18.0 Å². The lowest BCUT2D eigenvalue weighted by Gasteiger charge is -2.39. The maximum Gasteiger partial charge on any atom is 0.470 e. The largest absolute Gasteiger partial charge is 0.493 e. The topological polar surface area (TPSA) is 117 Å². The SMILES string of the molecule is COCCCOc1cc2c(cc1-c1nnc(C(F)(F)F)o1)-c1cc(=O)c(C(=O)O)cn1C(C(C)(C)C)C2. The van der Waals surface area contributed by atoms with Gasteiger partial charge in [-0.3, -0.25) is 4.79 Å². The molecule has 2 aromatic heterocycles. The third kappa shape index (κ3) is 5.24. The second-order valence-electron chi connectivity index (χ2n) is 9.85. The van der Waals surface area contributed by atoms with Gasteiger partial charge in [0.25, 0.3) is 5.89 Å². The molecule has 0 aliphatic carbocycles. The average molecular weight is 521 g/mol. The van der Waals surface area contributed by atoms with Crippen LogP contribution in [0.25, 0.3) is 22.7 Å². The van der Waals surface area contributed by atoms with Crippen molar-refractivity contribution in [2.45, 2.75) is 45.8 Å². The molecule has 1 atom stereocenters. The number of carboxylic acid groups (broad SMARTS) is 1. The van der Waals surface area contributed by atoms with E-state index < -0.39 is 29.4 Å². The molecule has 3 aromatic rings. The van der Waals surface area contributed by atoms with Gasteiger partial charge in [-0.05, 0) is 29.5 Å². The minimum Gasteiger partial charge on any atom is -0.493 e. The normalized spacial score (nSPS) is 15.3. The van der Waals surface area contributed by atoms with Crippen molar-refractivity contribution in [1.29, 1.82) is 0 Å². The summed E-state index contributed by atoms with van der Waals surface area (Å²) in [6.07, 6.45) is -2.51. The van der Waals surface area contributed by atoms with Gasteiger partial charge in [-0.15, -0.1) is 10.2 Å². The lowest BCUT2D eigenvalue weighted by molar-refractivity contribution is -0.156. The molecular weight excluding hydrogens is 495 g/mol. The van der Waals surface area contributed by atoms with Crippen LogP contribution in [0.1, 0.15) is 55.0 Å². The van der Waals surface area contributed by atoms with E-state index in [9.17, 15) is 27.9 Å². The van der Waals surface area contributed by atoms with Crippen LogP contribution in [-0.2, 0) is 17.3 Å². The Balaban J connectivity index is 1.92. The molecule has 1 N–H and O–H groups in total. The number of alkyl halides is 3. The van der Waals surface area contributed by atoms with E-state index in [2.05, 4.69) is 10.2 Å². The molecule has 1 aromatic carbocycles. The molecule has 0 saturated heterocycles. The Kier molecular flexibility index (Phi) is 6.89. The molecule has 4 rings (SSSR count). The molecule has 0 saturated carbocycles. The maximum atomic E-state index is 13.2. The highest BCUT2D eigenvalue weighted by atomic mass is 19.4. The lowest BCUT2D eigenvalue weighted by Crippen LogP contribution is -2.32. The zero-order chi connectivity index (χ0) is 27.1. The van der Waals surface area contributed by atoms with E-state index in [0.717, 1.165) is 5.56 Å². The van der Waals surface area contributed by atoms with E-state index in [4.69, 9.17) is 13.9 Å². The number of carboxylic acids is 1. The molecule has 1 aliphatic rings. The van der Waals surface area contributed by atoms with E-state index in [1.54, 1.807) is 23.8 Å². The van der Waals surface area contributed by atoms with E-state index in [1.165, 1.54) is 12.3 Å². The Morgan fingerprint density at radius 3 is 2.49 bits per heavy atom. The highest BCUT2D eigenvalue weighted by Gasteiger charge is 2.39.